The summed E-state index contributed by atoms with van der Waals surface area (Å²) in [6, 6.07) is 13.4. The largest absolute Gasteiger partial charge is 0.348 e. The van der Waals surface area contributed by atoms with Crippen LogP contribution in [0.15, 0.2) is 61.1 Å². The highest BCUT2D eigenvalue weighted by atomic mass is 16.1. The molecular weight excluding hydrogens is 276 g/mol. The lowest BCUT2D eigenvalue weighted by Crippen LogP contribution is -2.22. The molecule has 0 spiro atoms. The molecule has 0 fully saturated rings. The number of benzene rings is 1. The van der Waals surface area contributed by atoms with E-state index in [2.05, 4.69) is 15.4 Å². The third-order valence-corrected chi connectivity index (χ3v) is 3.32. The molecule has 0 saturated carbocycles. The number of amides is 1. The minimum Gasteiger partial charge on any atom is -0.348 e. The van der Waals surface area contributed by atoms with Gasteiger partial charge in [0.1, 0.15) is 0 Å². The molecule has 110 valence electrons. The number of aromatic nitrogens is 3. The fraction of sp³-hybridized carbons (Fsp3) is 0.118. The Morgan fingerprint density at radius 1 is 1.14 bits per heavy atom. The van der Waals surface area contributed by atoms with Crippen molar-refractivity contribution >= 4 is 5.91 Å². The van der Waals surface area contributed by atoms with Crippen molar-refractivity contribution in [3.8, 4) is 11.3 Å². The van der Waals surface area contributed by atoms with Gasteiger partial charge in [0.05, 0.1) is 17.5 Å². The maximum absolute atomic E-state index is 12.1. The molecule has 5 nitrogen and oxygen atoms in total. The second kappa shape index (κ2) is 6.22. The standard InChI is InChI=1S/C17H16N4O/c1-21-12-15(11-20-21)16-8-7-14(10-18-16)17(22)19-9-13-5-3-2-4-6-13/h2-8,10-12H,9H2,1H3,(H,19,22). The van der Waals surface area contributed by atoms with Crippen LogP contribution in [0.2, 0.25) is 0 Å². The van der Waals surface area contributed by atoms with Crippen molar-refractivity contribution in [1.82, 2.24) is 20.1 Å². The molecule has 0 bridgehead atoms. The van der Waals surface area contributed by atoms with E-state index in [0.717, 1.165) is 16.8 Å². The van der Waals surface area contributed by atoms with Gasteiger partial charge in [0, 0.05) is 31.5 Å². The maximum Gasteiger partial charge on any atom is 0.253 e. The SMILES string of the molecule is Cn1cc(-c2ccc(C(=O)NCc3ccccc3)cn2)cn1. The van der Waals surface area contributed by atoms with Gasteiger partial charge in [0.2, 0.25) is 0 Å². The van der Waals surface area contributed by atoms with Crippen molar-refractivity contribution in [1.29, 1.82) is 0 Å². The normalized spacial score (nSPS) is 10.4. The molecule has 0 aliphatic heterocycles. The number of nitrogens with one attached hydrogen (secondary N) is 1. The van der Waals surface area contributed by atoms with Crippen molar-refractivity contribution < 1.29 is 4.79 Å². The molecule has 3 aromatic rings. The topological polar surface area (TPSA) is 59.8 Å². The first-order chi connectivity index (χ1) is 10.7. The van der Waals surface area contributed by atoms with E-state index in [1.807, 2.05) is 49.6 Å². The van der Waals surface area contributed by atoms with Crippen molar-refractivity contribution in [2.24, 2.45) is 7.05 Å². The number of hydrogen-bond acceptors (Lipinski definition) is 3. The highest BCUT2D eigenvalue weighted by Crippen LogP contribution is 2.15. The van der Waals surface area contributed by atoms with E-state index < -0.39 is 0 Å². The second-order valence-electron chi connectivity index (χ2n) is 5.00. The van der Waals surface area contributed by atoms with E-state index in [9.17, 15) is 4.79 Å². The minimum atomic E-state index is -0.130. The highest BCUT2D eigenvalue weighted by molar-refractivity contribution is 5.94. The minimum absolute atomic E-state index is 0.130. The Labute approximate surface area is 128 Å². The molecular formula is C17H16N4O. The van der Waals surface area contributed by atoms with Gasteiger partial charge in [-0.25, -0.2) is 0 Å². The Morgan fingerprint density at radius 3 is 2.59 bits per heavy atom. The monoisotopic (exact) mass is 292 g/mol. The molecule has 1 N–H and O–H groups in total. The molecule has 0 aliphatic rings. The Morgan fingerprint density at radius 2 is 1.95 bits per heavy atom. The summed E-state index contributed by atoms with van der Waals surface area (Å²) in [5, 5.41) is 6.99. The number of pyridine rings is 1. The Hall–Kier alpha value is -2.95. The van der Waals surface area contributed by atoms with Gasteiger partial charge in [-0.1, -0.05) is 30.3 Å². The van der Waals surface area contributed by atoms with E-state index in [-0.39, 0.29) is 5.91 Å². The molecule has 1 aromatic carbocycles. The number of hydrogen-bond donors (Lipinski definition) is 1. The van der Waals surface area contributed by atoms with Crippen LogP contribution >= 0.6 is 0 Å². The van der Waals surface area contributed by atoms with E-state index in [0.29, 0.717) is 12.1 Å². The van der Waals surface area contributed by atoms with Crippen LogP contribution in [0, 0.1) is 0 Å². The van der Waals surface area contributed by atoms with Crippen LogP contribution < -0.4 is 5.32 Å². The van der Waals surface area contributed by atoms with Gasteiger partial charge in [-0.3, -0.25) is 14.5 Å². The first kappa shape index (κ1) is 14.0. The summed E-state index contributed by atoms with van der Waals surface area (Å²) in [5.74, 6) is -0.130. The summed E-state index contributed by atoms with van der Waals surface area (Å²) in [4.78, 5) is 16.4. The quantitative estimate of drug-likeness (QED) is 0.803. The van der Waals surface area contributed by atoms with E-state index in [1.165, 1.54) is 0 Å². The summed E-state index contributed by atoms with van der Waals surface area (Å²) < 4.78 is 1.72. The number of carbonyl (C=O) groups is 1. The molecule has 22 heavy (non-hydrogen) atoms. The number of carbonyl (C=O) groups excluding carboxylic acids is 1. The lowest BCUT2D eigenvalue weighted by molar-refractivity contribution is 0.0950. The van der Waals surface area contributed by atoms with E-state index in [1.54, 1.807) is 23.1 Å². The average molecular weight is 292 g/mol. The average Bonchev–Trinajstić information content (AvgIpc) is 3.00. The van der Waals surface area contributed by atoms with Crippen LogP contribution in [-0.4, -0.2) is 20.7 Å². The molecule has 2 heterocycles. The fourth-order valence-corrected chi connectivity index (χ4v) is 2.13. The molecule has 2 aromatic heterocycles. The second-order valence-corrected chi connectivity index (χ2v) is 5.00. The van der Waals surface area contributed by atoms with Gasteiger partial charge < -0.3 is 5.32 Å². The summed E-state index contributed by atoms with van der Waals surface area (Å²) >= 11 is 0. The number of nitrogens with zero attached hydrogens (tertiary/aromatic N) is 3. The van der Waals surface area contributed by atoms with Crippen LogP contribution in [-0.2, 0) is 13.6 Å². The predicted octanol–water partition coefficient (Wildman–Crippen LogP) is 2.41. The zero-order valence-electron chi connectivity index (χ0n) is 12.2. The Kier molecular flexibility index (Phi) is 3.96. The van der Waals surface area contributed by atoms with Crippen molar-refractivity contribution in [3.63, 3.8) is 0 Å². The summed E-state index contributed by atoms with van der Waals surface area (Å²) in [6.45, 7) is 0.504. The Balaban J connectivity index is 1.66. The first-order valence-corrected chi connectivity index (χ1v) is 6.99. The zero-order chi connectivity index (χ0) is 15.4. The van der Waals surface area contributed by atoms with Crippen LogP contribution in [0.4, 0.5) is 0 Å². The van der Waals surface area contributed by atoms with Gasteiger partial charge >= 0.3 is 0 Å². The molecule has 0 saturated heterocycles. The summed E-state index contributed by atoms with van der Waals surface area (Å²) in [5.41, 5.74) is 3.34. The molecule has 0 aliphatic carbocycles. The van der Waals surface area contributed by atoms with Gasteiger partial charge in [-0.2, -0.15) is 5.10 Å². The third-order valence-electron chi connectivity index (χ3n) is 3.32. The van der Waals surface area contributed by atoms with Crippen molar-refractivity contribution in [2.75, 3.05) is 0 Å². The van der Waals surface area contributed by atoms with Gasteiger partial charge in [0.25, 0.3) is 5.91 Å². The molecule has 0 unspecified atom stereocenters. The summed E-state index contributed by atoms with van der Waals surface area (Å²) in [7, 11) is 1.86. The van der Waals surface area contributed by atoms with Gasteiger partial charge in [-0.05, 0) is 17.7 Å². The van der Waals surface area contributed by atoms with Crippen LogP contribution in [0.25, 0.3) is 11.3 Å². The predicted molar refractivity (Wildman–Crippen MR) is 84.1 cm³/mol. The van der Waals surface area contributed by atoms with Gasteiger partial charge in [-0.15, -0.1) is 0 Å². The highest BCUT2D eigenvalue weighted by Gasteiger charge is 2.07. The van der Waals surface area contributed by atoms with Gasteiger partial charge in [0.15, 0.2) is 0 Å². The maximum atomic E-state index is 12.1. The molecule has 5 heteroatoms. The first-order valence-electron chi connectivity index (χ1n) is 6.99. The number of rotatable bonds is 4. The molecule has 3 rings (SSSR count). The third kappa shape index (κ3) is 3.20. The number of aryl methyl sites for hydroxylation is 1. The Bertz CT molecular complexity index is 763. The van der Waals surface area contributed by atoms with Crippen LogP contribution in [0.1, 0.15) is 15.9 Å². The van der Waals surface area contributed by atoms with Crippen LogP contribution in [0.5, 0.6) is 0 Å². The lowest BCUT2D eigenvalue weighted by atomic mass is 10.2. The zero-order valence-corrected chi connectivity index (χ0v) is 12.2. The van der Waals surface area contributed by atoms with E-state index >= 15 is 0 Å². The van der Waals surface area contributed by atoms with E-state index in [4.69, 9.17) is 0 Å². The smallest absolute Gasteiger partial charge is 0.253 e. The molecule has 0 atom stereocenters. The van der Waals surface area contributed by atoms with Crippen LogP contribution in [0.3, 0.4) is 0 Å². The fourth-order valence-electron chi connectivity index (χ4n) is 2.13. The lowest BCUT2D eigenvalue weighted by Gasteiger charge is -2.05. The summed E-state index contributed by atoms with van der Waals surface area (Å²) in [6.07, 6.45) is 5.22. The van der Waals surface area contributed by atoms with Crippen molar-refractivity contribution in [2.45, 2.75) is 6.54 Å². The van der Waals surface area contributed by atoms with Crippen molar-refractivity contribution in [3.05, 3.63) is 72.2 Å². The molecule has 1 amide bonds. The molecule has 0 radical (unpaired) electrons.